The molecule has 2 rings (SSSR count). The third-order valence-electron chi connectivity index (χ3n) is 3.11. The van der Waals surface area contributed by atoms with Crippen molar-refractivity contribution in [1.82, 2.24) is 10.2 Å². The lowest BCUT2D eigenvalue weighted by Crippen LogP contribution is -2.44. The highest BCUT2D eigenvalue weighted by Gasteiger charge is 2.28. The van der Waals surface area contributed by atoms with E-state index in [-0.39, 0.29) is 17.7 Å². The first-order valence-electron chi connectivity index (χ1n) is 5.88. The Bertz CT molecular complexity index is 461. The molecule has 2 amide bonds. The van der Waals surface area contributed by atoms with E-state index in [4.69, 9.17) is 0 Å². The summed E-state index contributed by atoms with van der Waals surface area (Å²) < 4.78 is 0.950. The van der Waals surface area contributed by atoms with Gasteiger partial charge in [-0.1, -0.05) is 0 Å². The minimum atomic E-state index is -0.0731. The zero-order valence-corrected chi connectivity index (χ0v) is 12.5. The van der Waals surface area contributed by atoms with Crippen LogP contribution in [0.2, 0.25) is 0 Å². The number of halogens is 1. The maximum Gasteiger partial charge on any atom is 0.263 e. The summed E-state index contributed by atoms with van der Waals surface area (Å²) in [6.45, 7) is 1.26. The summed E-state index contributed by atoms with van der Waals surface area (Å²) in [6.07, 6.45) is 1.74. The van der Waals surface area contributed by atoms with Crippen LogP contribution in [0.1, 0.15) is 22.5 Å². The lowest BCUT2D eigenvalue weighted by atomic mass is 9.97. The third kappa shape index (κ3) is 2.92. The highest BCUT2D eigenvalue weighted by molar-refractivity contribution is 9.11. The zero-order valence-electron chi connectivity index (χ0n) is 10.1. The van der Waals surface area contributed by atoms with E-state index >= 15 is 0 Å². The van der Waals surface area contributed by atoms with Gasteiger partial charge in [-0.15, -0.1) is 11.3 Å². The highest BCUT2D eigenvalue weighted by atomic mass is 79.9. The Morgan fingerprint density at radius 2 is 2.28 bits per heavy atom. The lowest BCUT2D eigenvalue weighted by molar-refractivity contribution is -0.125. The van der Waals surface area contributed by atoms with Crippen molar-refractivity contribution in [2.24, 2.45) is 5.92 Å². The average Bonchev–Trinajstić information content (AvgIpc) is 2.83. The van der Waals surface area contributed by atoms with Gasteiger partial charge in [0, 0.05) is 20.1 Å². The van der Waals surface area contributed by atoms with Crippen LogP contribution in [0.25, 0.3) is 0 Å². The monoisotopic (exact) mass is 330 g/mol. The summed E-state index contributed by atoms with van der Waals surface area (Å²) in [7, 11) is 1.64. The first kappa shape index (κ1) is 13.5. The van der Waals surface area contributed by atoms with Crippen molar-refractivity contribution in [3.8, 4) is 0 Å². The Labute approximate surface area is 118 Å². The molecule has 1 saturated heterocycles. The van der Waals surface area contributed by atoms with Crippen molar-refractivity contribution < 1.29 is 9.59 Å². The van der Waals surface area contributed by atoms with Crippen molar-refractivity contribution in [2.75, 3.05) is 20.1 Å². The Morgan fingerprint density at radius 1 is 1.50 bits per heavy atom. The van der Waals surface area contributed by atoms with E-state index in [1.165, 1.54) is 11.3 Å². The first-order valence-corrected chi connectivity index (χ1v) is 7.49. The van der Waals surface area contributed by atoms with E-state index in [9.17, 15) is 9.59 Å². The number of hydrogen-bond donors (Lipinski definition) is 1. The molecule has 0 aliphatic carbocycles. The fourth-order valence-electron chi connectivity index (χ4n) is 2.16. The quantitative estimate of drug-likeness (QED) is 0.902. The molecule has 0 radical (unpaired) electrons. The van der Waals surface area contributed by atoms with Crippen LogP contribution < -0.4 is 5.32 Å². The second-order valence-electron chi connectivity index (χ2n) is 4.31. The molecule has 1 unspecified atom stereocenters. The van der Waals surface area contributed by atoms with Crippen molar-refractivity contribution in [1.29, 1.82) is 0 Å². The molecule has 0 bridgehead atoms. The van der Waals surface area contributed by atoms with Crippen molar-refractivity contribution in [2.45, 2.75) is 12.8 Å². The van der Waals surface area contributed by atoms with Crippen LogP contribution >= 0.6 is 27.3 Å². The molecule has 4 nitrogen and oxygen atoms in total. The SMILES string of the molecule is CNC(=O)C1CCCN(C(=O)c2ccc(Br)s2)C1. The van der Waals surface area contributed by atoms with Crippen LogP contribution in [-0.2, 0) is 4.79 Å². The van der Waals surface area contributed by atoms with Crippen LogP contribution in [0.3, 0.4) is 0 Å². The largest absolute Gasteiger partial charge is 0.359 e. The van der Waals surface area contributed by atoms with E-state index in [0.717, 1.165) is 28.0 Å². The molecule has 0 saturated carbocycles. The molecule has 1 N–H and O–H groups in total. The van der Waals surface area contributed by atoms with E-state index in [0.29, 0.717) is 6.54 Å². The third-order valence-corrected chi connectivity index (χ3v) is 4.72. The summed E-state index contributed by atoms with van der Waals surface area (Å²) in [4.78, 5) is 26.4. The normalized spacial score (nSPS) is 19.7. The summed E-state index contributed by atoms with van der Waals surface area (Å²) in [5.74, 6) is -0.0183. The van der Waals surface area contributed by atoms with Crippen molar-refractivity contribution in [3.05, 3.63) is 20.8 Å². The number of hydrogen-bond acceptors (Lipinski definition) is 3. The number of carbonyl (C=O) groups is 2. The van der Waals surface area contributed by atoms with Gasteiger partial charge >= 0.3 is 0 Å². The number of carbonyl (C=O) groups excluding carboxylic acids is 2. The minimum absolute atomic E-state index is 0.0271. The molecule has 1 fully saturated rings. The van der Waals surface area contributed by atoms with Gasteiger partial charge in [0.2, 0.25) is 5.91 Å². The molecule has 1 aliphatic heterocycles. The molecule has 2 heterocycles. The van der Waals surface area contributed by atoms with Crippen LogP contribution in [0, 0.1) is 5.92 Å². The van der Waals surface area contributed by atoms with Crippen LogP contribution in [-0.4, -0.2) is 36.9 Å². The van der Waals surface area contributed by atoms with E-state index in [1.807, 2.05) is 12.1 Å². The summed E-state index contributed by atoms with van der Waals surface area (Å²) in [5, 5.41) is 2.66. The van der Waals surface area contributed by atoms with E-state index < -0.39 is 0 Å². The second kappa shape index (κ2) is 5.84. The van der Waals surface area contributed by atoms with Gasteiger partial charge in [-0.3, -0.25) is 9.59 Å². The number of thiophene rings is 1. The molecule has 98 valence electrons. The number of nitrogens with zero attached hydrogens (tertiary/aromatic N) is 1. The van der Waals surface area contributed by atoms with Gasteiger partial charge in [0.05, 0.1) is 14.6 Å². The van der Waals surface area contributed by atoms with Crippen LogP contribution in [0.4, 0.5) is 0 Å². The topological polar surface area (TPSA) is 49.4 Å². The van der Waals surface area contributed by atoms with Gasteiger partial charge in [0.25, 0.3) is 5.91 Å². The summed E-state index contributed by atoms with van der Waals surface area (Å²) in [6, 6.07) is 3.69. The number of piperidine rings is 1. The van der Waals surface area contributed by atoms with Gasteiger partial charge < -0.3 is 10.2 Å². The maximum absolute atomic E-state index is 12.3. The fourth-order valence-corrected chi connectivity index (χ4v) is 3.52. The number of likely N-dealkylation sites (tertiary alicyclic amines) is 1. The minimum Gasteiger partial charge on any atom is -0.359 e. The molecule has 18 heavy (non-hydrogen) atoms. The van der Waals surface area contributed by atoms with Crippen molar-refractivity contribution >= 4 is 39.1 Å². The average molecular weight is 331 g/mol. The predicted octanol–water partition coefficient (Wildman–Crippen LogP) is 2.11. The Hall–Kier alpha value is -0.880. The summed E-state index contributed by atoms with van der Waals surface area (Å²) >= 11 is 4.78. The van der Waals surface area contributed by atoms with Crippen LogP contribution in [0.15, 0.2) is 15.9 Å². The predicted molar refractivity (Wildman–Crippen MR) is 74.7 cm³/mol. The highest BCUT2D eigenvalue weighted by Crippen LogP contribution is 2.25. The van der Waals surface area contributed by atoms with Crippen molar-refractivity contribution in [3.63, 3.8) is 0 Å². The number of amides is 2. The number of rotatable bonds is 2. The Balaban J connectivity index is 2.05. The smallest absolute Gasteiger partial charge is 0.263 e. The number of nitrogens with one attached hydrogen (secondary N) is 1. The molecule has 1 aromatic heterocycles. The van der Waals surface area contributed by atoms with Gasteiger partial charge in [-0.05, 0) is 40.9 Å². The van der Waals surface area contributed by atoms with Gasteiger partial charge in [0.1, 0.15) is 0 Å². The maximum atomic E-state index is 12.3. The lowest BCUT2D eigenvalue weighted by Gasteiger charge is -2.31. The second-order valence-corrected chi connectivity index (χ2v) is 6.77. The van der Waals surface area contributed by atoms with Gasteiger partial charge in [-0.25, -0.2) is 0 Å². The Morgan fingerprint density at radius 3 is 2.89 bits per heavy atom. The molecule has 1 atom stereocenters. The molecule has 1 aromatic rings. The van der Waals surface area contributed by atoms with Gasteiger partial charge in [0.15, 0.2) is 0 Å². The molecular formula is C12H15BrN2O2S. The van der Waals surface area contributed by atoms with Gasteiger partial charge in [-0.2, -0.15) is 0 Å². The first-order chi connectivity index (χ1) is 8.61. The van der Waals surface area contributed by atoms with E-state index in [2.05, 4.69) is 21.2 Å². The standard InChI is InChI=1S/C12H15BrN2O2S/c1-14-11(16)8-3-2-6-15(7-8)12(17)9-4-5-10(13)18-9/h4-5,8H,2-3,6-7H2,1H3,(H,14,16). The molecule has 0 spiro atoms. The zero-order chi connectivity index (χ0) is 13.1. The molecule has 6 heteroatoms. The Kier molecular flexibility index (Phi) is 4.40. The van der Waals surface area contributed by atoms with E-state index in [1.54, 1.807) is 11.9 Å². The molecule has 1 aliphatic rings. The summed E-state index contributed by atoms with van der Waals surface area (Å²) in [5.41, 5.74) is 0. The fraction of sp³-hybridized carbons (Fsp3) is 0.500. The molecular weight excluding hydrogens is 316 g/mol. The molecule has 0 aromatic carbocycles. The van der Waals surface area contributed by atoms with Crippen LogP contribution in [0.5, 0.6) is 0 Å².